The van der Waals surface area contributed by atoms with Gasteiger partial charge in [-0.05, 0) is 24.5 Å². The molecule has 20 heavy (non-hydrogen) atoms. The Kier molecular flexibility index (Phi) is 3.10. The summed E-state index contributed by atoms with van der Waals surface area (Å²) in [5, 5.41) is 0.972. The minimum atomic E-state index is -0.405. The number of amides is 2. The third kappa shape index (κ3) is 2.47. The molecule has 2 amide bonds. The molecule has 102 valence electrons. The summed E-state index contributed by atoms with van der Waals surface area (Å²) in [5.41, 5.74) is 5.88. The number of pyridine rings is 1. The van der Waals surface area contributed by atoms with Crippen molar-refractivity contribution in [2.75, 3.05) is 0 Å². The average molecular weight is 269 g/mol. The summed E-state index contributed by atoms with van der Waals surface area (Å²) in [4.78, 5) is 27.8. The van der Waals surface area contributed by atoms with Gasteiger partial charge in [-0.15, -0.1) is 0 Å². The van der Waals surface area contributed by atoms with E-state index in [1.807, 2.05) is 37.3 Å². The molecule has 1 aromatic heterocycles. The first-order chi connectivity index (χ1) is 9.65. The zero-order chi connectivity index (χ0) is 14.1. The van der Waals surface area contributed by atoms with E-state index in [1.165, 1.54) is 0 Å². The quantitative estimate of drug-likeness (QED) is 0.814. The van der Waals surface area contributed by atoms with Crippen molar-refractivity contribution in [1.82, 2.24) is 15.8 Å². The average Bonchev–Trinajstić information content (AvgIpc) is 3.21. The second-order valence-corrected chi connectivity index (χ2v) is 5.15. The number of hydrazine groups is 1. The van der Waals surface area contributed by atoms with Gasteiger partial charge in [0.1, 0.15) is 5.69 Å². The van der Waals surface area contributed by atoms with Crippen molar-refractivity contribution in [3.63, 3.8) is 0 Å². The molecular weight excluding hydrogens is 254 g/mol. The van der Waals surface area contributed by atoms with Crippen LogP contribution in [-0.4, -0.2) is 16.8 Å². The van der Waals surface area contributed by atoms with Crippen LogP contribution in [0.4, 0.5) is 0 Å². The topological polar surface area (TPSA) is 71.1 Å². The van der Waals surface area contributed by atoms with Gasteiger partial charge in [0.15, 0.2) is 0 Å². The number of fused-ring (bicyclic) bond motifs is 1. The first-order valence-corrected chi connectivity index (χ1v) is 6.61. The van der Waals surface area contributed by atoms with Crippen molar-refractivity contribution in [2.45, 2.75) is 13.3 Å². The molecule has 0 bridgehead atoms. The third-order valence-corrected chi connectivity index (χ3v) is 3.58. The van der Waals surface area contributed by atoms with Gasteiger partial charge in [-0.25, -0.2) is 4.98 Å². The van der Waals surface area contributed by atoms with E-state index in [1.54, 1.807) is 6.07 Å². The lowest BCUT2D eigenvalue weighted by atomic mass is 10.2. The first-order valence-electron chi connectivity index (χ1n) is 6.61. The number of nitrogens with zero attached hydrogens (tertiary/aromatic N) is 1. The molecular formula is C15H15N3O2. The van der Waals surface area contributed by atoms with Crippen LogP contribution in [0.2, 0.25) is 0 Å². The van der Waals surface area contributed by atoms with Crippen molar-refractivity contribution in [1.29, 1.82) is 0 Å². The number of hydrogen-bond donors (Lipinski definition) is 2. The van der Waals surface area contributed by atoms with Gasteiger partial charge < -0.3 is 0 Å². The maximum absolute atomic E-state index is 11.9. The number of nitrogens with one attached hydrogen (secondary N) is 2. The molecule has 0 radical (unpaired) electrons. The van der Waals surface area contributed by atoms with Gasteiger partial charge in [-0.3, -0.25) is 20.4 Å². The Labute approximate surface area is 116 Å². The van der Waals surface area contributed by atoms with E-state index in [0.29, 0.717) is 5.92 Å². The minimum absolute atomic E-state index is 0.0277. The number of rotatable bonds is 2. The fraction of sp³-hybridized carbons (Fsp3) is 0.267. The maximum atomic E-state index is 11.9. The highest BCUT2D eigenvalue weighted by Crippen LogP contribution is 2.37. The largest absolute Gasteiger partial charge is 0.288 e. The highest BCUT2D eigenvalue weighted by atomic mass is 16.2. The second kappa shape index (κ2) is 4.92. The molecule has 1 fully saturated rings. The molecule has 1 aliphatic rings. The van der Waals surface area contributed by atoms with Crippen LogP contribution in [0.5, 0.6) is 0 Å². The number of aromatic nitrogens is 1. The Morgan fingerprint density at radius 2 is 1.90 bits per heavy atom. The van der Waals surface area contributed by atoms with Gasteiger partial charge in [0, 0.05) is 11.3 Å². The number of carbonyl (C=O) groups excluding carboxylic acids is 2. The van der Waals surface area contributed by atoms with Crippen molar-refractivity contribution in [3.05, 3.63) is 42.1 Å². The van der Waals surface area contributed by atoms with E-state index in [9.17, 15) is 9.59 Å². The molecule has 1 aliphatic carbocycles. The molecule has 1 aromatic carbocycles. The van der Waals surface area contributed by atoms with Gasteiger partial charge in [-0.1, -0.05) is 31.2 Å². The summed E-state index contributed by atoms with van der Waals surface area (Å²) in [7, 11) is 0. The highest BCUT2D eigenvalue weighted by Gasteiger charge is 2.39. The van der Waals surface area contributed by atoms with Gasteiger partial charge in [0.2, 0.25) is 5.91 Å². The summed E-state index contributed by atoms with van der Waals surface area (Å²) < 4.78 is 0. The normalized spacial score (nSPS) is 20.4. The highest BCUT2D eigenvalue weighted by molar-refractivity contribution is 5.96. The number of hydrogen-bond acceptors (Lipinski definition) is 3. The molecule has 5 nitrogen and oxygen atoms in total. The summed E-state index contributed by atoms with van der Waals surface area (Å²) in [6.07, 6.45) is 0.885. The lowest BCUT2D eigenvalue weighted by Crippen LogP contribution is -2.42. The molecule has 0 spiro atoms. The maximum Gasteiger partial charge on any atom is 0.288 e. The lowest BCUT2D eigenvalue weighted by Gasteiger charge is -2.07. The van der Waals surface area contributed by atoms with Crippen LogP contribution in [0, 0.1) is 11.8 Å². The molecule has 0 saturated heterocycles. The molecule has 1 heterocycles. The fourth-order valence-electron chi connectivity index (χ4n) is 2.16. The van der Waals surface area contributed by atoms with Crippen LogP contribution >= 0.6 is 0 Å². The molecule has 3 rings (SSSR count). The Morgan fingerprint density at radius 1 is 1.15 bits per heavy atom. The molecule has 2 aromatic rings. The Morgan fingerprint density at radius 3 is 2.65 bits per heavy atom. The summed E-state index contributed by atoms with van der Waals surface area (Å²) in [6.45, 7) is 2.01. The first kappa shape index (κ1) is 12.6. The van der Waals surface area contributed by atoms with Crippen molar-refractivity contribution in [3.8, 4) is 0 Å². The SMILES string of the molecule is CC1CC1C(=O)NNC(=O)c1ccc2ccccc2n1. The number of para-hydroxylation sites is 1. The Balaban J connectivity index is 1.67. The standard InChI is InChI=1S/C15H15N3O2/c1-9-8-11(9)14(19)17-18-15(20)13-7-6-10-4-2-3-5-12(10)16-13/h2-7,9,11H,8H2,1H3,(H,17,19)(H,18,20). The van der Waals surface area contributed by atoms with Gasteiger partial charge in [-0.2, -0.15) is 0 Å². The van der Waals surface area contributed by atoms with E-state index in [-0.39, 0.29) is 17.5 Å². The Hall–Kier alpha value is -2.43. The van der Waals surface area contributed by atoms with E-state index < -0.39 is 5.91 Å². The van der Waals surface area contributed by atoms with Crippen LogP contribution in [0.15, 0.2) is 36.4 Å². The van der Waals surface area contributed by atoms with Gasteiger partial charge >= 0.3 is 0 Å². The van der Waals surface area contributed by atoms with E-state index in [0.717, 1.165) is 17.3 Å². The zero-order valence-electron chi connectivity index (χ0n) is 11.1. The lowest BCUT2D eigenvalue weighted by molar-refractivity contribution is -0.123. The Bertz CT molecular complexity index is 684. The van der Waals surface area contributed by atoms with Gasteiger partial charge in [0.25, 0.3) is 5.91 Å². The molecule has 2 unspecified atom stereocenters. The van der Waals surface area contributed by atoms with Gasteiger partial charge in [0.05, 0.1) is 5.52 Å². The fourth-order valence-corrected chi connectivity index (χ4v) is 2.16. The second-order valence-electron chi connectivity index (χ2n) is 5.15. The number of carbonyl (C=O) groups is 2. The van der Waals surface area contributed by atoms with Crippen molar-refractivity contribution in [2.24, 2.45) is 11.8 Å². The molecule has 2 atom stereocenters. The summed E-state index contributed by atoms with van der Waals surface area (Å²) in [5.74, 6) is -0.102. The van der Waals surface area contributed by atoms with Crippen LogP contribution in [0.25, 0.3) is 10.9 Å². The molecule has 0 aliphatic heterocycles. The third-order valence-electron chi connectivity index (χ3n) is 3.58. The van der Waals surface area contributed by atoms with Crippen molar-refractivity contribution < 1.29 is 9.59 Å². The smallest absolute Gasteiger partial charge is 0.273 e. The summed E-state index contributed by atoms with van der Waals surface area (Å²) >= 11 is 0. The molecule has 5 heteroatoms. The van der Waals surface area contributed by atoms with Crippen LogP contribution in [0.1, 0.15) is 23.8 Å². The summed E-state index contributed by atoms with van der Waals surface area (Å²) in [6, 6.07) is 11.0. The monoisotopic (exact) mass is 269 g/mol. The predicted molar refractivity (Wildman–Crippen MR) is 74.6 cm³/mol. The van der Waals surface area contributed by atoms with E-state index in [2.05, 4.69) is 15.8 Å². The van der Waals surface area contributed by atoms with E-state index >= 15 is 0 Å². The zero-order valence-corrected chi connectivity index (χ0v) is 11.1. The van der Waals surface area contributed by atoms with Crippen molar-refractivity contribution >= 4 is 22.7 Å². The molecule has 1 saturated carbocycles. The number of benzene rings is 1. The predicted octanol–water partition coefficient (Wildman–Crippen LogP) is 1.65. The molecule has 2 N–H and O–H groups in total. The van der Waals surface area contributed by atoms with Crippen LogP contribution < -0.4 is 10.9 Å². The van der Waals surface area contributed by atoms with Crippen LogP contribution in [-0.2, 0) is 4.79 Å². The van der Waals surface area contributed by atoms with Crippen LogP contribution in [0.3, 0.4) is 0 Å². The minimum Gasteiger partial charge on any atom is -0.273 e. The van der Waals surface area contributed by atoms with E-state index in [4.69, 9.17) is 0 Å².